The molecule has 2 N–H and O–H groups in total. The van der Waals surface area contributed by atoms with E-state index in [4.69, 9.17) is 23.2 Å². The number of benzene rings is 2. The summed E-state index contributed by atoms with van der Waals surface area (Å²) >= 11 is 12.2. The molecule has 25 heavy (non-hydrogen) atoms. The second-order valence-electron chi connectivity index (χ2n) is 6.16. The lowest BCUT2D eigenvalue weighted by atomic mass is 9.89. The second kappa shape index (κ2) is 7.98. The highest BCUT2D eigenvalue weighted by Crippen LogP contribution is 2.32. The number of rotatable bonds is 3. The summed E-state index contributed by atoms with van der Waals surface area (Å²) in [5.41, 5.74) is 2.91. The molecule has 2 aromatic rings. The summed E-state index contributed by atoms with van der Waals surface area (Å²) in [6, 6.07) is 13.5. The van der Waals surface area contributed by atoms with E-state index in [1.165, 1.54) is 5.56 Å². The molecular formula is C19H21Cl2N3O. The molecule has 0 saturated carbocycles. The number of para-hydroxylation sites is 1. The van der Waals surface area contributed by atoms with E-state index in [-0.39, 0.29) is 6.03 Å². The zero-order valence-electron chi connectivity index (χ0n) is 14.1. The Hall–Kier alpha value is -1.91. The van der Waals surface area contributed by atoms with Gasteiger partial charge in [-0.2, -0.15) is 0 Å². The van der Waals surface area contributed by atoms with Crippen LogP contribution in [0.3, 0.4) is 0 Å². The first kappa shape index (κ1) is 17.9. The molecule has 3 rings (SSSR count). The standard InChI is InChI=1S/C19H21Cl2N3O/c1-22-15-7-5-13(6-8-15)14-9-11-24(12-10-14)19(25)23-18-16(20)3-2-4-17(18)21/h2-8,14,22H,9-12H2,1H3,(H,23,25). The Kier molecular flexibility index (Phi) is 5.71. The lowest BCUT2D eigenvalue weighted by Gasteiger charge is -2.32. The van der Waals surface area contributed by atoms with Crippen molar-refractivity contribution >= 4 is 40.6 Å². The monoisotopic (exact) mass is 377 g/mol. The van der Waals surface area contributed by atoms with Crippen LogP contribution in [0.5, 0.6) is 0 Å². The molecule has 6 heteroatoms. The van der Waals surface area contributed by atoms with Crippen LogP contribution in [0.25, 0.3) is 0 Å². The Morgan fingerprint density at radius 1 is 1.04 bits per heavy atom. The number of carbonyl (C=O) groups is 1. The fraction of sp³-hybridized carbons (Fsp3) is 0.316. The quantitative estimate of drug-likeness (QED) is 0.746. The number of nitrogens with zero attached hydrogens (tertiary/aromatic N) is 1. The molecule has 1 aliphatic heterocycles. The van der Waals surface area contributed by atoms with E-state index in [9.17, 15) is 4.79 Å². The highest BCUT2D eigenvalue weighted by atomic mass is 35.5. The molecule has 0 bridgehead atoms. The third kappa shape index (κ3) is 4.20. The fourth-order valence-corrected chi connectivity index (χ4v) is 3.63. The predicted octanol–water partition coefficient (Wildman–Crippen LogP) is 5.45. The summed E-state index contributed by atoms with van der Waals surface area (Å²) in [5, 5.41) is 6.85. The summed E-state index contributed by atoms with van der Waals surface area (Å²) in [7, 11) is 1.91. The van der Waals surface area contributed by atoms with Gasteiger partial charge in [-0.1, -0.05) is 41.4 Å². The van der Waals surface area contributed by atoms with Crippen molar-refractivity contribution in [3.63, 3.8) is 0 Å². The average molecular weight is 378 g/mol. The molecule has 0 unspecified atom stereocenters. The number of likely N-dealkylation sites (tertiary alicyclic amines) is 1. The molecule has 2 aromatic carbocycles. The van der Waals surface area contributed by atoms with Crippen molar-refractivity contribution in [1.29, 1.82) is 0 Å². The van der Waals surface area contributed by atoms with Crippen LogP contribution in [0.2, 0.25) is 10.0 Å². The first-order valence-corrected chi connectivity index (χ1v) is 9.11. The molecule has 0 radical (unpaired) electrons. The zero-order chi connectivity index (χ0) is 17.8. The third-order valence-electron chi connectivity index (χ3n) is 4.65. The second-order valence-corrected chi connectivity index (χ2v) is 6.97. The first-order valence-electron chi connectivity index (χ1n) is 8.36. The van der Waals surface area contributed by atoms with Gasteiger partial charge in [-0.25, -0.2) is 4.79 Å². The van der Waals surface area contributed by atoms with Gasteiger partial charge in [0, 0.05) is 25.8 Å². The molecule has 0 atom stereocenters. The van der Waals surface area contributed by atoms with E-state index in [1.807, 2.05) is 11.9 Å². The normalized spacial score (nSPS) is 15.1. The van der Waals surface area contributed by atoms with Crippen LogP contribution >= 0.6 is 23.2 Å². The number of amides is 2. The van der Waals surface area contributed by atoms with E-state index >= 15 is 0 Å². The SMILES string of the molecule is CNc1ccc(C2CCN(C(=O)Nc3c(Cl)cccc3Cl)CC2)cc1. The maximum atomic E-state index is 12.5. The maximum absolute atomic E-state index is 12.5. The lowest BCUT2D eigenvalue weighted by molar-refractivity contribution is 0.194. The Balaban J connectivity index is 1.59. The van der Waals surface area contributed by atoms with Crippen molar-refractivity contribution in [2.45, 2.75) is 18.8 Å². The van der Waals surface area contributed by atoms with E-state index in [0.717, 1.165) is 18.5 Å². The highest BCUT2D eigenvalue weighted by Gasteiger charge is 2.24. The number of piperidine rings is 1. The van der Waals surface area contributed by atoms with Crippen LogP contribution in [0.1, 0.15) is 24.3 Å². The molecule has 0 aliphatic carbocycles. The average Bonchev–Trinajstić information content (AvgIpc) is 2.65. The largest absolute Gasteiger partial charge is 0.388 e. The number of nitrogens with one attached hydrogen (secondary N) is 2. The Morgan fingerprint density at radius 2 is 1.64 bits per heavy atom. The number of halogens is 2. The van der Waals surface area contributed by atoms with Crippen LogP contribution in [0.15, 0.2) is 42.5 Å². The smallest absolute Gasteiger partial charge is 0.321 e. The van der Waals surface area contributed by atoms with Crippen LogP contribution < -0.4 is 10.6 Å². The number of carbonyl (C=O) groups excluding carboxylic acids is 1. The molecule has 132 valence electrons. The van der Waals surface area contributed by atoms with Gasteiger partial charge >= 0.3 is 6.03 Å². The summed E-state index contributed by atoms with van der Waals surface area (Å²) < 4.78 is 0. The summed E-state index contributed by atoms with van der Waals surface area (Å²) in [5.74, 6) is 0.485. The maximum Gasteiger partial charge on any atom is 0.321 e. The third-order valence-corrected chi connectivity index (χ3v) is 5.28. The molecule has 2 amide bonds. The lowest BCUT2D eigenvalue weighted by Crippen LogP contribution is -2.40. The Labute approximate surface area is 158 Å². The summed E-state index contributed by atoms with van der Waals surface area (Å²) in [4.78, 5) is 14.3. The minimum Gasteiger partial charge on any atom is -0.388 e. The van der Waals surface area contributed by atoms with Crippen molar-refractivity contribution in [2.75, 3.05) is 30.8 Å². The van der Waals surface area contributed by atoms with E-state index in [0.29, 0.717) is 34.7 Å². The molecular weight excluding hydrogens is 357 g/mol. The highest BCUT2D eigenvalue weighted by molar-refractivity contribution is 6.39. The van der Waals surface area contributed by atoms with Gasteiger partial charge in [0.05, 0.1) is 15.7 Å². The van der Waals surface area contributed by atoms with Gasteiger partial charge in [-0.3, -0.25) is 0 Å². The number of hydrogen-bond acceptors (Lipinski definition) is 2. The van der Waals surface area contributed by atoms with Gasteiger partial charge in [-0.15, -0.1) is 0 Å². The van der Waals surface area contributed by atoms with Crippen molar-refractivity contribution in [3.05, 3.63) is 58.1 Å². The van der Waals surface area contributed by atoms with Crippen LogP contribution in [0.4, 0.5) is 16.2 Å². The van der Waals surface area contributed by atoms with Gasteiger partial charge in [0.15, 0.2) is 0 Å². The van der Waals surface area contributed by atoms with Gasteiger partial charge in [-0.05, 0) is 48.6 Å². The molecule has 1 saturated heterocycles. The molecule has 1 aliphatic rings. The number of hydrogen-bond donors (Lipinski definition) is 2. The molecule has 4 nitrogen and oxygen atoms in total. The van der Waals surface area contributed by atoms with Crippen LogP contribution in [0, 0.1) is 0 Å². The van der Waals surface area contributed by atoms with Crippen LogP contribution in [-0.2, 0) is 0 Å². The predicted molar refractivity (Wildman–Crippen MR) is 105 cm³/mol. The summed E-state index contributed by atoms with van der Waals surface area (Å²) in [6.07, 6.45) is 1.89. The minimum atomic E-state index is -0.154. The molecule has 0 spiro atoms. The van der Waals surface area contributed by atoms with Gasteiger partial charge in [0.25, 0.3) is 0 Å². The van der Waals surface area contributed by atoms with Crippen LogP contribution in [-0.4, -0.2) is 31.1 Å². The molecule has 1 fully saturated rings. The number of urea groups is 1. The Bertz CT molecular complexity index is 721. The Morgan fingerprint density at radius 3 is 2.20 bits per heavy atom. The van der Waals surface area contributed by atoms with Gasteiger partial charge < -0.3 is 15.5 Å². The summed E-state index contributed by atoms with van der Waals surface area (Å²) in [6.45, 7) is 1.43. The van der Waals surface area contributed by atoms with Gasteiger partial charge in [0.2, 0.25) is 0 Å². The first-order chi connectivity index (χ1) is 12.1. The van der Waals surface area contributed by atoms with E-state index < -0.39 is 0 Å². The van der Waals surface area contributed by atoms with E-state index in [1.54, 1.807) is 18.2 Å². The fourth-order valence-electron chi connectivity index (χ4n) is 3.14. The molecule has 1 heterocycles. The van der Waals surface area contributed by atoms with Crippen molar-refractivity contribution in [2.24, 2.45) is 0 Å². The van der Waals surface area contributed by atoms with Crippen molar-refractivity contribution in [3.8, 4) is 0 Å². The van der Waals surface area contributed by atoms with Crippen molar-refractivity contribution < 1.29 is 4.79 Å². The topological polar surface area (TPSA) is 44.4 Å². The molecule has 0 aromatic heterocycles. The van der Waals surface area contributed by atoms with Gasteiger partial charge in [0.1, 0.15) is 0 Å². The van der Waals surface area contributed by atoms with Crippen molar-refractivity contribution in [1.82, 2.24) is 4.90 Å². The zero-order valence-corrected chi connectivity index (χ0v) is 15.6. The minimum absolute atomic E-state index is 0.154. The number of anilines is 2. The van der Waals surface area contributed by atoms with E-state index in [2.05, 4.69) is 34.9 Å².